The molecule has 3 nitrogen and oxygen atoms in total. The monoisotopic (exact) mass is 221 g/mol. The van der Waals surface area contributed by atoms with E-state index in [9.17, 15) is 0 Å². The molecule has 1 heterocycles. The maximum Gasteiger partial charge on any atom is 0.183 e. The Labute approximate surface area is 94.0 Å². The van der Waals surface area contributed by atoms with Gasteiger partial charge >= 0.3 is 0 Å². The SMILES string of the molecule is N#Cc1ccc(C2OCC(S)CO2)cc1. The summed E-state index contributed by atoms with van der Waals surface area (Å²) in [6, 6.07) is 9.29. The molecule has 0 aliphatic carbocycles. The fourth-order valence-corrected chi connectivity index (χ4v) is 1.57. The summed E-state index contributed by atoms with van der Waals surface area (Å²) in [6.45, 7) is 1.18. The van der Waals surface area contributed by atoms with Crippen LogP contribution in [-0.4, -0.2) is 18.5 Å². The average Bonchev–Trinajstić information content (AvgIpc) is 2.30. The van der Waals surface area contributed by atoms with Gasteiger partial charge in [-0.25, -0.2) is 0 Å². The third-order valence-corrected chi connectivity index (χ3v) is 2.49. The molecule has 2 rings (SSSR count). The maximum absolute atomic E-state index is 8.65. The van der Waals surface area contributed by atoms with Crippen LogP contribution in [0.4, 0.5) is 0 Å². The van der Waals surface area contributed by atoms with Gasteiger partial charge in [-0.05, 0) is 12.1 Å². The van der Waals surface area contributed by atoms with Crippen molar-refractivity contribution >= 4 is 12.6 Å². The molecule has 1 fully saturated rings. The Hall–Kier alpha value is -1.02. The van der Waals surface area contributed by atoms with Crippen molar-refractivity contribution in [3.8, 4) is 6.07 Å². The molecule has 0 saturated carbocycles. The largest absolute Gasteiger partial charge is 0.347 e. The summed E-state index contributed by atoms with van der Waals surface area (Å²) in [5, 5.41) is 8.80. The molecule has 0 N–H and O–H groups in total. The van der Waals surface area contributed by atoms with Crippen molar-refractivity contribution in [3.05, 3.63) is 35.4 Å². The Bertz CT molecular complexity index is 363. The Morgan fingerprint density at radius 1 is 1.20 bits per heavy atom. The summed E-state index contributed by atoms with van der Waals surface area (Å²) in [5.74, 6) is 0. The van der Waals surface area contributed by atoms with Gasteiger partial charge in [-0.3, -0.25) is 0 Å². The molecule has 1 aromatic rings. The molecule has 1 aliphatic rings. The molecule has 1 aromatic carbocycles. The van der Waals surface area contributed by atoms with E-state index in [-0.39, 0.29) is 11.5 Å². The smallest absolute Gasteiger partial charge is 0.183 e. The second-order valence-electron chi connectivity index (χ2n) is 3.39. The van der Waals surface area contributed by atoms with Gasteiger partial charge < -0.3 is 9.47 Å². The van der Waals surface area contributed by atoms with Crippen molar-refractivity contribution < 1.29 is 9.47 Å². The van der Waals surface area contributed by atoms with E-state index in [0.717, 1.165) is 5.56 Å². The third-order valence-electron chi connectivity index (χ3n) is 2.19. The average molecular weight is 221 g/mol. The number of ether oxygens (including phenoxy) is 2. The van der Waals surface area contributed by atoms with Crippen molar-refractivity contribution in [2.45, 2.75) is 11.5 Å². The highest BCUT2D eigenvalue weighted by Crippen LogP contribution is 2.24. The molecule has 0 radical (unpaired) electrons. The van der Waals surface area contributed by atoms with Crippen molar-refractivity contribution in [1.82, 2.24) is 0 Å². The van der Waals surface area contributed by atoms with Crippen LogP contribution in [0, 0.1) is 11.3 Å². The number of benzene rings is 1. The molecule has 1 aliphatic heterocycles. The molecule has 0 unspecified atom stereocenters. The van der Waals surface area contributed by atoms with Gasteiger partial charge in [0.1, 0.15) is 0 Å². The predicted octanol–water partition coefficient (Wildman–Crippen LogP) is 1.90. The van der Waals surface area contributed by atoms with E-state index < -0.39 is 0 Å². The lowest BCUT2D eigenvalue weighted by atomic mass is 10.1. The van der Waals surface area contributed by atoms with Gasteiger partial charge in [0.2, 0.25) is 0 Å². The fourth-order valence-electron chi connectivity index (χ4n) is 1.40. The molecule has 78 valence electrons. The minimum absolute atomic E-state index is 0.152. The lowest BCUT2D eigenvalue weighted by Gasteiger charge is -2.27. The van der Waals surface area contributed by atoms with Crippen LogP contribution < -0.4 is 0 Å². The highest BCUT2D eigenvalue weighted by molar-refractivity contribution is 7.81. The number of thiol groups is 1. The molecule has 15 heavy (non-hydrogen) atoms. The van der Waals surface area contributed by atoms with Gasteiger partial charge in [-0.1, -0.05) is 12.1 Å². The third kappa shape index (κ3) is 2.51. The number of nitriles is 1. The van der Waals surface area contributed by atoms with Crippen molar-refractivity contribution in [2.24, 2.45) is 0 Å². The van der Waals surface area contributed by atoms with Gasteiger partial charge in [-0.2, -0.15) is 17.9 Å². The van der Waals surface area contributed by atoms with E-state index in [1.165, 1.54) is 0 Å². The zero-order valence-electron chi connectivity index (χ0n) is 8.09. The molecule has 1 saturated heterocycles. The molecule has 0 spiro atoms. The topological polar surface area (TPSA) is 42.2 Å². The van der Waals surface area contributed by atoms with E-state index in [4.69, 9.17) is 14.7 Å². The quantitative estimate of drug-likeness (QED) is 0.736. The van der Waals surface area contributed by atoms with E-state index in [0.29, 0.717) is 18.8 Å². The molecule has 0 atom stereocenters. The van der Waals surface area contributed by atoms with Gasteiger partial charge in [0.25, 0.3) is 0 Å². The Kier molecular flexibility index (Phi) is 3.27. The number of rotatable bonds is 1. The van der Waals surface area contributed by atoms with Crippen LogP contribution in [0.15, 0.2) is 24.3 Å². The molecule has 0 bridgehead atoms. The van der Waals surface area contributed by atoms with E-state index in [2.05, 4.69) is 18.7 Å². The first-order valence-corrected chi connectivity index (χ1v) is 5.22. The Balaban J connectivity index is 2.07. The summed E-state index contributed by atoms with van der Waals surface area (Å²) in [4.78, 5) is 0. The summed E-state index contributed by atoms with van der Waals surface area (Å²) in [7, 11) is 0. The molecular formula is C11H11NO2S. The van der Waals surface area contributed by atoms with Crippen LogP contribution in [-0.2, 0) is 9.47 Å². The molecular weight excluding hydrogens is 210 g/mol. The minimum Gasteiger partial charge on any atom is -0.347 e. The Morgan fingerprint density at radius 3 is 2.33 bits per heavy atom. The van der Waals surface area contributed by atoms with Crippen LogP contribution in [0.1, 0.15) is 17.4 Å². The van der Waals surface area contributed by atoms with Crippen LogP contribution in [0.5, 0.6) is 0 Å². The first-order valence-electron chi connectivity index (χ1n) is 4.71. The second-order valence-corrected chi connectivity index (χ2v) is 4.12. The van der Waals surface area contributed by atoms with Gasteiger partial charge in [0.05, 0.1) is 24.8 Å². The zero-order valence-corrected chi connectivity index (χ0v) is 8.98. The van der Waals surface area contributed by atoms with Gasteiger partial charge in [0.15, 0.2) is 6.29 Å². The van der Waals surface area contributed by atoms with Crippen LogP contribution in [0.25, 0.3) is 0 Å². The first-order chi connectivity index (χ1) is 7.29. The number of hydrogen-bond donors (Lipinski definition) is 1. The summed E-state index contributed by atoms with van der Waals surface area (Å²) in [6.07, 6.45) is -0.318. The van der Waals surface area contributed by atoms with Gasteiger partial charge in [0, 0.05) is 10.8 Å². The van der Waals surface area contributed by atoms with E-state index in [1.807, 2.05) is 12.1 Å². The summed E-state index contributed by atoms with van der Waals surface area (Å²) in [5.41, 5.74) is 1.58. The zero-order chi connectivity index (χ0) is 10.7. The maximum atomic E-state index is 8.65. The predicted molar refractivity (Wildman–Crippen MR) is 58.6 cm³/mol. The van der Waals surface area contributed by atoms with Crippen LogP contribution in [0.2, 0.25) is 0 Å². The van der Waals surface area contributed by atoms with Crippen LogP contribution in [0.3, 0.4) is 0 Å². The van der Waals surface area contributed by atoms with Gasteiger partial charge in [-0.15, -0.1) is 0 Å². The molecule has 0 amide bonds. The highest BCUT2D eigenvalue weighted by Gasteiger charge is 2.20. The molecule has 0 aromatic heterocycles. The Morgan fingerprint density at radius 2 is 1.80 bits per heavy atom. The molecule has 4 heteroatoms. The van der Waals surface area contributed by atoms with Crippen molar-refractivity contribution in [1.29, 1.82) is 5.26 Å². The summed E-state index contributed by atoms with van der Waals surface area (Å²) >= 11 is 4.25. The van der Waals surface area contributed by atoms with E-state index in [1.54, 1.807) is 12.1 Å². The highest BCUT2D eigenvalue weighted by atomic mass is 32.1. The summed E-state index contributed by atoms with van der Waals surface area (Å²) < 4.78 is 10.9. The number of nitrogens with zero attached hydrogens (tertiary/aromatic N) is 1. The first kappa shape index (κ1) is 10.5. The fraction of sp³-hybridized carbons (Fsp3) is 0.364. The second kappa shape index (κ2) is 4.67. The number of hydrogen-bond acceptors (Lipinski definition) is 4. The van der Waals surface area contributed by atoms with Crippen molar-refractivity contribution in [3.63, 3.8) is 0 Å². The standard InChI is InChI=1S/C11H11NO2S/c12-5-8-1-3-9(4-2-8)11-13-6-10(15)7-14-11/h1-4,10-11,15H,6-7H2. The lowest BCUT2D eigenvalue weighted by Crippen LogP contribution is -2.27. The van der Waals surface area contributed by atoms with Crippen LogP contribution >= 0.6 is 12.6 Å². The normalized spacial score (nSPS) is 25.9. The van der Waals surface area contributed by atoms with Crippen molar-refractivity contribution in [2.75, 3.05) is 13.2 Å². The lowest BCUT2D eigenvalue weighted by molar-refractivity contribution is -0.179. The minimum atomic E-state index is -0.318. The van der Waals surface area contributed by atoms with E-state index >= 15 is 0 Å².